The molecule has 0 amide bonds. The molecule has 3 atom stereocenters. The van der Waals surface area contributed by atoms with Crippen molar-refractivity contribution >= 4 is 29.3 Å². The molecule has 1 aliphatic rings. The van der Waals surface area contributed by atoms with Crippen LogP contribution < -0.4 is 5.32 Å². The van der Waals surface area contributed by atoms with E-state index >= 15 is 0 Å². The van der Waals surface area contributed by atoms with Gasteiger partial charge in [-0.15, -0.1) is 0 Å². The maximum atomic E-state index is 11.0. The molecule has 3 unspecified atom stereocenters. The highest BCUT2D eigenvalue weighted by Crippen LogP contribution is 2.32. The molecule has 0 radical (unpaired) electrons. The highest BCUT2D eigenvalue weighted by atomic mass is 35.5. The molecule has 0 bridgehead atoms. The van der Waals surface area contributed by atoms with Gasteiger partial charge in [0.25, 0.3) is 0 Å². The summed E-state index contributed by atoms with van der Waals surface area (Å²) in [7, 11) is 0. The lowest BCUT2D eigenvalue weighted by Gasteiger charge is -2.33. The Kier molecular flexibility index (Phi) is 3.97. The number of hydrogen-bond donors (Lipinski definition) is 2. The summed E-state index contributed by atoms with van der Waals surface area (Å²) in [6, 6.07) is 7.15. The first-order valence-corrected chi connectivity index (χ1v) is 6.86. The van der Waals surface area contributed by atoms with E-state index in [0.717, 1.165) is 5.56 Å². The van der Waals surface area contributed by atoms with Gasteiger partial charge in [0, 0.05) is 22.1 Å². The van der Waals surface area contributed by atoms with Crippen molar-refractivity contribution in [1.82, 2.24) is 5.32 Å². The number of carbonyl (C=O) groups is 1. The van der Waals surface area contributed by atoms with Gasteiger partial charge in [0.05, 0.1) is 0 Å². The smallest absolute Gasteiger partial charge is 0.321 e. The molecule has 1 fully saturated rings. The molecule has 92 valence electrons. The SMILES string of the molecule is CC1SCC(C(=O)O)NC1c1ccc(Cl)cc1. The zero-order chi connectivity index (χ0) is 12.4. The van der Waals surface area contributed by atoms with E-state index < -0.39 is 12.0 Å². The Morgan fingerprint density at radius 2 is 2.12 bits per heavy atom. The fourth-order valence-electron chi connectivity index (χ4n) is 1.92. The van der Waals surface area contributed by atoms with E-state index in [9.17, 15) is 4.79 Å². The van der Waals surface area contributed by atoms with Gasteiger partial charge in [0.1, 0.15) is 6.04 Å². The highest BCUT2D eigenvalue weighted by molar-refractivity contribution is 8.00. The van der Waals surface area contributed by atoms with Gasteiger partial charge in [-0.3, -0.25) is 10.1 Å². The van der Waals surface area contributed by atoms with E-state index in [1.54, 1.807) is 11.8 Å². The van der Waals surface area contributed by atoms with Crippen molar-refractivity contribution in [2.24, 2.45) is 0 Å². The predicted molar refractivity (Wildman–Crippen MR) is 70.7 cm³/mol. The van der Waals surface area contributed by atoms with Gasteiger partial charge >= 0.3 is 5.97 Å². The first kappa shape index (κ1) is 12.7. The Labute approximate surface area is 110 Å². The maximum absolute atomic E-state index is 11.0. The lowest BCUT2D eigenvalue weighted by Crippen LogP contribution is -2.47. The average molecular weight is 272 g/mol. The highest BCUT2D eigenvalue weighted by Gasteiger charge is 2.32. The monoisotopic (exact) mass is 271 g/mol. The second kappa shape index (κ2) is 5.29. The lowest BCUT2D eigenvalue weighted by atomic mass is 10.0. The van der Waals surface area contributed by atoms with Gasteiger partial charge in [-0.05, 0) is 17.7 Å². The van der Waals surface area contributed by atoms with Crippen LogP contribution in [0.5, 0.6) is 0 Å². The van der Waals surface area contributed by atoms with Crippen LogP contribution in [0.1, 0.15) is 18.5 Å². The number of halogens is 1. The molecule has 2 N–H and O–H groups in total. The third-order valence-corrected chi connectivity index (χ3v) is 4.48. The van der Waals surface area contributed by atoms with Crippen LogP contribution in [-0.2, 0) is 4.79 Å². The number of rotatable bonds is 2. The Morgan fingerprint density at radius 3 is 2.71 bits per heavy atom. The van der Waals surface area contributed by atoms with Crippen LogP contribution >= 0.6 is 23.4 Å². The van der Waals surface area contributed by atoms with E-state index in [1.807, 2.05) is 24.3 Å². The molecule has 1 aromatic carbocycles. The summed E-state index contributed by atoms with van der Waals surface area (Å²) in [5.74, 6) is -0.177. The second-order valence-corrected chi connectivity index (χ2v) is 5.97. The summed E-state index contributed by atoms with van der Waals surface area (Å²) < 4.78 is 0. The molecule has 1 heterocycles. The number of hydrogen-bond acceptors (Lipinski definition) is 3. The topological polar surface area (TPSA) is 49.3 Å². The Balaban J connectivity index is 2.17. The molecule has 17 heavy (non-hydrogen) atoms. The summed E-state index contributed by atoms with van der Waals surface area (Å²) in [6.07, 6.45) is 0. The fourth-order valence-corrected chi connectivity index (χ4v) is 3.21. The fraction of sp³-hybridized carbons (Fsp3) is 0.417. The summed E-state index contributed by atoms with van der Waals surface area (Å²) in [6.45, 7) is 2.11. The molecular weight excluding hydrogens is 258 g/mol. The van der Waals surface area contributed by atoms with Crippen molar-refractivity contribution in [3.05, 3.63) is 34.9 Å². The molecule has 1 aliphatic heterocycles. The van der Waals surface area contributed by atoms with Gasteiger partial charge < -0.3 is 5.11 Å². The van der Waals surface area contributed by atoms with Crippen LogP contribution in [0.25, 0.3) is 0 Å². The summed E-state index contributed by atoms with van der Waals surface area (Å²) in [5.41, 5.74) is 1.08. The molecule has 0 saturated carbocycles. The van der Waals surface area contributed by atoms with E-state index in [1.165, 1.54) is 0 Å². The summed E-state index contributed by atoms with van der Waals surface area (Å²) in [5, 5.41) is 13.3. The van der Waals surface area contributed by atoms with E-state index in [2.05, 4.69) is 12.2 Å². The molecule has 1 aromatic rings. The predicted octanol–water partition coefficient (Wildman–Crippen LogP) is 2.56. The van der Waals surface area contributed by atoms with Gasteiger partial charge in [-0.25, -0.2) is 0 Å². The third-order valence-electron chi connectivity index (χ3n) is 2.90. The minimum Gasteiger partial charge on any atom is -0.480 e. The number of carboxylic acids is 1. The Bertz CT molecular complexity index is 409. The molecule has 0 aromatic heterocycles. The quantitative estimate of drug-likeness (QED) is 0.868. The van der Waals surface area contributed by atoms with Crippen molar-refractivity contribution in [2.45, 2.75) is 24.3 Å². The van der Waals surface area contributed by atoms with E-state index in [-0.39, 0.29) is 6.04 Å². The third kappa shape index (κ3) is 2.94. The lowest BCUT2D eigenvalue weighted by molar-refractivity contribution is -0.139. The zero-order valence-electron chi connectivity index (χ0n) is 9.39. The van der Waals surface area contributed by atoms with Crippen molar-refractivity contribution in [2.75, 3.05) is 5.75 Å². The molecule has 2 rings (SSSR count). The number of carboxylic acid groups (broad SMARTS) is 1. The van der Waals surface area contributed by atoms with Crippen LogP contribution in [-0.4, -0.2) is 28.1 Å². The molecule has 0 aliphatic carbocycles. The van der Waals surface area contributed by atoms with Crippen molar-refractivity contribution < 1.29 is 9.90 Å². The van der Waals surface area contributed by atoms with Gasteiger partial charge in [0.2, 0.25) is 0 Å². The molecule has 1 saturated heterocycles. The minimum atomic E-state index is -0.789. The van der Waals surface area contributed by atoms with Crippen LogP contribution in [0.4, 0.5) is 0 Å². The van der Waals surface area contributed by atoms with Crippen LogP contribution in [0.2, 0.25) is 5.02 Å². The first-order valence-electron chi connectivity index (χ1n) is 5.44. The van der Waals surface area contributed by atoms with Gasteiger partial charge in [-0.2, -0.15) is 11.8 Å². The van der Waals surface area contributed by atoms with Gasteiger partial charge in [0.15, 0.2) is 0 Å². The van der Waals surface area contributed by atoms with E-state index in [0.29, 0.717) is 16.0 Å². The minimum absolute atomic E-state index is 0.0621. The normalized spacial score (nSPS) is 28.9. The summed E-state index contributed by atoms with van der Waals surface area (Å²) in [4.78, 5) is 11.0. The molecule has 5 heteroatoms. The number of benzene rings is 1. The standard InChI is InChI=1S/C12H14ClNO2S/c1-7-11(8-2-4-9(13)5-3-8)14-10(6-17-7)12(15)16/h2-5,7,10-11,14H,6H2,1H3,(H,15,16). The second-order valence-electron chi connectivity index (χ2n) is 4.13. The number of nitrogens with one attached hydrogen (secondary N) is 1. The number of thioether (sulfide) groups is 1. The van der Waals surface area contributed by atoms with E-state index in [4.69, 9.17) is 16.7 Å². The van der Waals surface area contributed by atoms with Crippen molar-refractivity contribution in [3.8, 4) is 0 Å². The van der Waals surface area contributed by atoms with Crippen LogP contribution in [0.15, 0.2) is 24.3 Å². The van der Waals surface area contributed by atoms with Crippen LogP contribution in [0.3, 0.4) is 0 Å². The average Bonchev–Trinajstić information content (AvgIpc) is 2.31. The molecule has 0 spiro atoms. The zero-order valence-corrected chi connectivity index (χ0v) is 11.0. The molecular formula is C12H14ClNO2S. The summed E-state index contributed by atoms with van der Waals surface area (Å²) >= 11 is 7.53. The largest absolute Gasteiger partial charge is 0.480 e. The molecule has 3 nitrogen and oxygen atoms in total. The van der Waals surface area contributed by atoms with Crippen LogP contribution in [0, 0.1) is 0 Å². The van der Waals surface area contributed by atoms with Crippen molar-refractivity contribution in [3.63, 3.8) is 0 Å². The first-order chi connectivity index (χ1) is 8.08. The number of aliphatic carboxylic acids is 1. The Hall–Kier alpha value is -0.710. The van der Waals surface area contributed by atoms with Crippen molar-refractivity contribution in [1.29, 1.82) is 0 Å². The Morgan fingerprint density at radius 1 is 1.47 bits per heavy atom. The van der Waals surface area contributed by atoms with Gasteiger partial charge in [-0.1, -0.05) is 30.7 Å². The maximum Gasteiger partial charge on any atom is 0.321 e.